The van der Waals surface area contributed by atoms with E-state index in [2.05, 4.69) is 18.6 Å². The SMILES string of the molecule is COC(=O)C1=COC2(CC(C)CC(C)C2)C(C(=O)OC)=C1. The molecule has 1 saturated carbocycles. The summed E-state index contributed by atoms with van der Waals surface area (Å²) in [5.74, 6) is -0.0984. The summed E-state index contributed by atoms with van der Waals surface area (Å²) in [5.41, 5.74) is -0.0532. The first kappa shape index (κ1) is 15.6. The van der Waals surface area contributed by atoms with Crippen molar-refractivity contribution in [2.24, 2.45) is 11.8 Å². The highest BCUT2D eigenvalue weighted by Crippen LogP contribution is 2.45. The predicted molar refractivity (Wildman–Crippen MR) is 76.2 cm³/mol. The summed E-state index contributed by atoms with van der Waals surface area (Å²) < 4.78 is 15.5. The fourth-order valence-corrected chi connectivity index (χ4v) is 3.52. The van der Waals surface area contributed by atoms with E-state index in [9.17, 15) is 9.59 Å². The molecule has 1 heterocycles. The molecule has 0 aromatic carbocycles. The molecule has 5 heteroatoms. The van der Waals surface area contributed by atoms with Crippen LogP contribution < -0.4 is 0 Å². The molecule has 1 aliphatic heterocycles. The van der Waals surface area contributed by atoms with E-state index in [1.807, 2.05) is 0 Å². The van der Waals surface area contributed by atoms with Crippen molar-refractivity contribution in [3.05, 3.63) is 23.5 Å². The fourth-order valence-electron chi connectivity index (χ4n) is 3.52. The molecule has 21 heavy (non-hydrogen) atoms. The van der Waals surface area contributed by atoms with E-state index < -0.39 is 17.5 Å². The summed E-state index contributed by atoms with van der Waals surface area (Å²) in [6.07, 6.45) is 5.54. The second-order valence-electron chi connectivity index (χ2n) is 6.08. The lowest BCUT2D eigenvalue weighted by Crippen LogP contribution is -2.45. The van der Waals surface area contributed by atoms with Gasteiger partial charge >= 0.3 is 11.9 Å². The highest BCUT2D eigenvalue weighted by molar-refractivity contribution is 5.98. The summed E-state index contributed by atoms with van der Waals surface area (Å²) in [6, 6.07) is 0. The zero-order chi connectivity index (χ0) is 15.6. The number of carbonyl (C=O) groups excluding carboxylic acids is 2. The van der Waals surface area contributed by atoms with Crippen LogP contribution >= 0.6 is 0 Å². The monoisotopic (exact) mass is 294 g/mol. The van der Waals surface area contributed by atoms with Crippen LogP contribution in [0.4, 0.5) is 0 Å². The molecule has 2 unspecified atom stereocenters. The molecule has 2 atom stereocenters. The standard InChI is InChI=1S/C16H22O5/c1-10-5-11(2)8-16(7-10)13(15(18)20-4)6-12(9-21-16)14(17)19-3/h6,9-11H,5,7-8H2,1-4H3. The Morgan fingerprint density at radius 1 is 1.14 bits per heavy atom. The molecule has 2 rings (SSSR count). The van der Waals surface area contributed by atoms with E-state index in [1.165, 1.54) is 20.5 Å². The Kier molecular flexibility index (Phi) is 4.40. The number of rotatable bonds is 2. The smallest absolute Gasteiger partial charge is 0.341 e. The van der Waals surface area contributed by atoms with Crippen LogP contribution in [0.15, 0.2) is 23.5 Å². The van der Waals surface area contributed by atoms with Crippen LogP contribution in [-0.2, 0) is 23.8 Å². The van der Waals surface area contributed by atoms with Crippen molar-refractivity contribution < 1.29 is 23.8 Å². The van der Waals surface area contributed by atoms with E-state index in [1.54, 1.807) is 6.08 Å². The minimum atomic E-state index is -0.693. The van der Waals surface area contributed by atoms with E-state index >= 15 is 0 Å². The van der Waals surface area contributed by atoms with E-state index in [4.69, 9.17) is 9.47 Å². The quantitative estimate of drug-likeness (QED) is 0.732. The van der Waals surface area contributed by atoms with Gasteiger partial charge in [0, 0.05) is 0 Å². The first-order valence-corrected chi connectivity index (χ1v) is 7.18. The zero-order valence-electron chi connectivity index (χ0n) is 13.0. The van der Waals surface area contributed by atoms with Crippen molar-refractivity contribution in [3.8, 4) is 0 Å². The molecule has 1 fully saturated rings. The second kappa shape index (κ2) is 5.92. The minimum Gasteiger partial charge on any atom is -0.489 e. The van der Waals surface area contributed by atoms with Crippen LogP contribution in [0, 0.1) is 11.8 Å². The lowest BCUT2D eigenvalue weighted by molar-refractivity contribution is -0.140. The minimum absolute atomic E-state index is 0.231. The van der Waals surface area contributed by atoms with Gasteiger partial charge in [-0.1, -0.05) is 13.8 Å². The van der Waals surface area contributed by atoms with Crippen LogP contribution in [0.25, 0.3) is 0 Å². The van der Waals surface area contributed by atoms with Crippen LogP contribution in [-0.4, -0.2) is 31.8 Å². The van der Waals surface area contributed by atoms with Gasteiger partial charge in [-0.25, -0.2) is 9.59 Å². The van der Waals surface area contributed by atoms with Crippen molar-refractivity contribution in [2.75, 3.05) is 14.2 Å². The van der Waals surface area contributed by atoms with Crippen LogP contribution in [0.3, 0.4) is 0 Å². The van der Waals surface area contributed by atoms with Gasteiger partial charge in [-0.05, 0) is 37.2 Å². The number of esters is 2. The maximum Gasteiger partial charge on any atom is 0.341 e. The first-order chi connectivity index (χ1) is 9.91. The second-order valence-corrected chi connectivity index (χ2v) is 6.08. The number of hydrogen-bond acceptors (Lipinski definition) is 5. The average Bonchev–Trinajstić information content (AvgIpc) is 2.45. The Balaban J connectivity index is 2.39. The third kappa shape index (κ3) is 2.96. The number of methoxy groups -OCH3 is 2. The average molecular weight is 294 g/mol. The van der Waals surface area contributed by atoms with E-state index in [0.717, 1.165) is 19.3 Å². The summed E-state index contributed by atoms with van der Waals surface area (Å²) in [6.45, 7) is 4.30. The molecule has 1 spiro atoms. The highest BCUT2D eigenvalue weighted by atomic mass is 16.5. The van der Waals surface area contributed by atoms with Gasteiger partial charge in [0.05, 0.1) is 31.6 Å². The van der Waals surface area contributed by atoms with Gasteiger partial charge in [-0.15, -0.1) is 0 Å². The van der Waals surface area contributed by atoms with Crippen LogP contribution in [0.5, 0.6) is 0 Å². The first-order valence-electron chi connectivity index (χ1n) is 7.18. The van der Waals surface area contributed by atoms with Gasteiger partial charge in [0.2, 0.25) is 0 Å². The summed E-state index contributed by atoms with van der Waals surface area (Å²) in [4.78, 5) is 23.8. The summed E-state index contributed by atoms with van der Waals surface area (Å²) in [7, 11) is 2.63. The fraction of sp³-hybridized carbons (Fsp3) is 0.625. The molecule has 116 valence electrons. The number of carbonyl (C=O) groups is 2. The van der Waals surface area contributed by atoms with Crippen molar-refractivity contribution in [1.29, 1.82) is 0 Å². The Morgan fingerprint density at radius 3 is 2.24 bits per heavy atom. The Hall–Kier alpha value is -1.78. The lowest BCUT2D eigenvalue weighted by Gasteiger charge is -2.44. The molecule has 0 bridgehead atoms. The van der Waals surface area contributed by atoms with Crippen molar-refractivity contribution >= 4 is 11.9 Å². The van der Waals surface area contributed by atoms with Gasteiger partial charge < -0.3 is 14.2 Å². The summed E-state index contributed by atoms with van der Waals surface area (Å²) in [5, 5.41) is 0. The molecule has 5 nitrogen and oxygen atoms in total. The molecular formula is C16H22O5. The topological polar surface area (TPSA) is 61.8 Å². The lowest BCUT2D eigenvalue weighted by atomic mass is 9.69. The maximum absolute atomic E-state index is 12.2. The summed E-state index contributed by atoms with van der Waals surface area (Å²) >= 11 is 0. The Bertz CT molecular complexity index is 493. The van der Waals surface area contributed by atoms with E-state index in [0.29, 0.717) is 17.4 Å². The molecular weight excluding hydrogens is 272 g/mol. The van der Waals surface area contributed by atoms with Crippen molar-refractivity contribution in [2.45, 2.75) is 38.7 Å². The largest absolute Gasteiger partial charge is 0.489 e. The zero-order valence-corrected chi connectivity index (χ0v) is 13.0. The van der Waals surface area contributed by atoms with Gasteiger partial charge in [-0.2, -0.15) is 0 Å². The number of hydrogen-bond donors (Lipinski definition) is 0. The van der Waals surface area contributed by atoms with Crippen LogP contribution in [0.2, 0.25) is 0 Å². The highest BCUT2D eigenvalue weighted by Gasteiger charge is 2.47. The number of ether oxygens (including phenoxy) is 3. The van der Waals surface area contributed by atoms with Crippen molar-refractivity contribution in [1.82, 2.24) is 0 Å². The molecule has 0 aromatic heterocycles. The molecule has 1 aliphatic carbocycles. The Labute approximate surface area is 124 Å². The molecule has 0 amide bonds. The maximum atomic E-state index is 12.2. The molecule has 0 saturated heterocycles. The third-order valence-corrected chi connectivity index (χ3v) is 4.19. The van der Waals surface area contributed by atoms with Gasteiger partial charge in [-0.3, -0.25) is 0 Å². The molecule has 0 aromatic rings. The Morgan fingerprint density at radius 2 is 1.71 bits per heavy atom. The van der Waals surface area contributed by atoms with Gasteiger partial charge in [0.15, 0.2) is 0 Å². The van der Waals surface area contributed by atoms with Gasteiger partial charge in [0.25, 0.3) is 0 Å². The van der Waals surface area contributed by atoms with Crippen LogP contribution in [0.1, 0.15) is 33.1 Å². The van der Waals surface area contributed by atoms with Gasteiger partial charge in [0.1, 0.15) is 5.60 Å². The normalized spacial score (nSPS) is 31.8. The molecule has 0 N–H and O–H groups in total. The van der Waals surface area contributed by atoms with E-state index in [-0.39, 0.29) is 5.57 Å². The van der Waals surface area contributed by atoms with Crippen molar-refractivity contribution in [3.63, 3.8) is 0 Å². The third-order valence-electron chi connectivity index (χ3n) is 4.19. The molecule has 2 aliphatic rings. The predicted octanol–water partition coefficient (Wildman–Crippen LogP) is 2.37. The molecule has 0 radical (unpaired) electrons.